The summed E-state index contributed by atoms with van der Waals surface area (Å²) < 4.78 is 14.2. The first-order valence-electron chi connectivity index (χ1n) is 7.48. The van der Waals surface area contributed by atoms with Gasteiger partial charge in [0.15, 0.2) is 0 Å². The Morgan fingerprint density at radius 3 is 2.80 bits per heavy atom. The van der Waals surface area contributed by atoms with Crippen LogP contribution in [-0.4, -0.2) is 25.2 Å². The van der Waals surface area contributed by atoms with Crippen LogP contribution in [0.4, 0.5) is 10.1 Å². The van der Waals surface area contributed by atoms with Gasteiger partial charge in [-0.2, -0.15) is 0 Å². The zero-order chi connectivity index (χ0) is 14.7. The van der Waals surface area contributed by atoms with E-state index in [1.807, 2.05) is 6.07 Å². The molecule has 2 atom stereocenters. The van der Waals surface area contributed by atoms with E-state index in [0.29, 0.717) is 18.0 Å². The maximum Gasteiger partial charge on any atom is 0.124 e. The predicted octanol–water partition coefficient (Wildman–Crippen LogP) is 4.19. The predicted molar refractivity (Wildman–Crippen MR) is 86.8 cm³/mol. The van der Waals surface area contributed by atoms with E-state index in [0.717, 1.165) is 23.2 Å². The number of piperazine rings is 1. The monoisotopic (exact) mass is 342 g/mol. The van der Waals surface area contributed by atoms with Crippen molar-refractivity contribution in [2.75, 3.05) is 18.0 Å². The van der Waals surface area contributed by atoms with Crippen molar-refractivity contribution >= 4 is 21.6 Å². The highest BCUT2D eigenvalue weighted by molar-refractivity contribution is 9.10. The molecule has 1 N–H and O–H groups in total. The third-order valence-electron chi connectivity index (χ3n) is 4.06. The van der Waals surface area contributed by atoms with Crippen molar-refractivity contribution in [3.8, 4) is 0 Å². The molecule has 4 heteroatoms. The first-order valence-corrected chi connectivity index (χ1v) is 8.27. The molecule has 20 heavy (non-hydrogen) atoms. The zero-order valence-electron chi connectivity index (χ0n) is 12.5. The number of halogens is 2. The Bertz CT molecular complexity index is 450. The molecular formula is C16H24BrFN2. The fourth-order valence-electron chi connectivity index (χ4n) is 2.96. The van der Waals surface area contributed by atoms with Crippen molar-refractivity contribution < 1.29 is 4.39 Å². The molecule has 1 fully saturated rings. The van der Waals surface area contributed by atoms with Crippen LogP contribution in [0.15, 0.2) is 22.7 Å². The molecule has 1 aliphatic heterocycles. The molecule has 0 saturated carbocycles. The molecule has 1 saturated heterocycles. The molecule has 0 radical (unpaired) electrons. The van der Waals surface area contributed by atoms with E-state index in [4.69, 9.17) is 0 Å². The Balaban J connectivity index is 2.26. The summed E-state index contributed by atoms with van der Waals surface area (Å²) in [5.41, 5.74) is 1.10. The summed E-state index contributed by atoms with van der Waals surface area (Å²) in [6.07, 6.45) is 2.36. The number of hydrogen-bond acceptors (Lipinski definition) is 2. The van der Waals surface area contributed by atoms with E-state index in [2.05, 4.69) is 46.9 Å². The topological polar surface area (TPSA) is 15.3 Å². The number of nitrogens with zero attached hydrogens (tertiary/aromatic N) is 1. The fourth-order valence-corrected chi connectivity index (χ4v) is 3.54. The third-order valence-corrected chi connectivity index (χ3v) is 4.69. The summed E-state index contributed by atoms with van der Waals surface area (Å²) in [5, 5.41) is 3.65. The Hall–Kier alpha value is -0.610. The maximum absolute atomic E-state index is 13.3. The summed E-state index contributed by atoms with van der Waals surface area (Å²) in [4.78, 5) is 2.44. The number of rotatable bonds is 4. The molecular weight excluding hydrogens is 319 g/mol. The van der Waals surface area contributed by atoms with Crippen LogP contribution in [0.3, 0.4) is 0 Å². The molecule has 1 aromatic rings. The molecule has 0 amide bonds. The standard InChI is InChI=1S/C16H24BrFN2/c1-4-5-13-10-20(16(9-19-13)11(2)3)15-7-6-12(18)8-14(15)17/h6-8,11,13,16,19H,4-5,9-10H2,1-3H3. The molecule has 2 nitrogen and oxygen atoms in total. The van der Waals surface area contributed by atoms with Crippen LogP contribution in [0.1, 0.15) is 33.6 Å². The summed E-state index contributed by atoms with van der Waals surface area (Å²) in [6.45, 7) is 8.69. The van der Waals surface area contributed by atoms with Crippen molar-refractivity contribution in [1.82, 2.24) is 5.32 Å². The van der Waals surface area contributed by atoms with Crippen LogP contribution in [0.5, 0.6) is 0 Å². The number of benzene rings is 1. The van der Waals surface area contributed by atoms with Gasteiger partial charge in [0.1, 0.15) is 5.82 Å². The lowest BCUT2D eigenvalue weighted by Gasteiger charge is -2.44. The number of nitrogens with one attached hydrogen (secondary N) is 1. The van der Waals surface area contributed by atoms with E-state index < -0.39 is 0 Å². The largest absolute Gasteiger partial charge is 0.365 e. The third kappa shape index (κ3) is 3.53. The van der Waals surface area contributed by atoms with Gasteiger partial charge in [0.25, 0.3) is 0 Å². The lowest BCUT2D eigenvalue weighted by atomic mass is 9.96. The average molecular weight is 343 g/mol. The lowest BCUT2D eigenvalue weighted by molar-refractivity contribution is 0.327. The number of anilines is 1. The smallest absolute Gasteiger partial charge is 0.124 e. The van der Waals surface area contributed by atoms with Gasteiger partial charge in [-0.3, -0.25) is 0 Å². The highest BCUT2D eigenvalue weighted by Gasteiger charge is 2.30. The van der Waals surface area contributed by atoms with E-state index >= 15 is 0 Å². The van der Waals surface area contributed by atoms with Crippen LogP contribution < -0.4 is 10.2 Å². The molecule has 0 spiro atoms. The Morgan fingerprint density at radius 2 is 2.20 bits per heavy atom. The second-order valence-electron chi connectivity index (χ2n) is 5.95. The SMILES string of the molecule is CCCC1CN(c2ccc(F)cc2Br)C(C(C)C)CN1. The van der Waals surface area contributed by atoms with Gasteiger partial charge in [-0.1, -0.05) is 27.2 Å². The molecule has 112 valence electrons. The first kappa shape index (κ1) is 15.8. The summed E-state index contributed by atoms with van der Waals surface area (Å²) in [7, 11) is 0. The Kier molecular flexibility index (Phi) is 5.44. The molecule has 0 aromatic heterocycles. The zero-order valence-corrected chi connectivity index (χ0v) is 14.1. The van der Waals surface area contributed by atoms with Crippen LogP contribution in [0.2, 0.25) is 0 Å². The van der Waals surface area contributed by atoms with E-state index in [1.54, 1.807) is 12.1 Å². The lowest BCUT2D eigenvalue weighted by Crippen LogP contribution is -2.58. The maximum atomic E-state index is 13.3. The van der Waals surface area contributed by atoms with Gasteiger partial charge in [-0.25, -0.2) is 4.39 Å². The molecule has 1 aromatic carbocycles. The van der Waals surface area contributed by atoms with Gasteiger partial charge in [0.05, 0.1) is 5.69 Å². The fraction of sp³-hybridized carbons (Fsp3) is 0.625. The average Bonchev–Trinajstić information content (AvgIpc) is 2.38. The first-order chi connectivity index (χ1) is 9.52. The quantitative estimate of drug-likeness (QED) is 0.882. The van der Waals surface area contributed by atoms with Crippen LogP contribution >= 0.6 is 15.9 Å². The Morgan fingerprint density at radius 1 is 1.45 bits per heavy atom. The van der Waals surface area contributed by atoms with Gasteiger partial charge in [0, 0.05) is 29.6 Å². The summed E-state index contributed by atoms with van der Waals surface area (Å²) in [6, 6.07) is 5.97. The molecule has 0 aliphatic carbocycles. The molecule has 1 aliphatic rings. The van der Waals surface area contributed by atoms with Crippen LogP contribution in [-0.2, 0) is 0 Å². The minimum atomic E-state index is -0.193. The molecule has 2 unspecified atom stereocenters. The second kappa shape index (κ2) is 6.90. The normalized spacial score (nSPS) is 23.4. The molecule has 1 heterocycles. The van der Waals surface area contributed by atoms with Gasteiger partial charge >= 0.3 is 0 Å². The summed E-state index contributed by atoms with van der Waals surface area (Å²) >= 11 is 3.52. The van der Waals surface area contributed by atoms with Crippen molar-refractivity contribution in [2.24, 2.45) is 5.92 Å². The van der Waals surface area contributed by atoms with Crippen molar-refractivity contribution in [2.45, 2.75) is 45.7 Å². The van der Waals surface area contributed by atoms with Crippen molar-refractivity contribution in [3.63, 3.8) is 0 Å². The van der Waals surface area contributed by atoms with Gasteiger partial charge in [-0.05, 0) is 46.5 Å². The van der Waals surface area contributed by atoms with Crippen LogP contribution in [0.25, 0.3) is 0 Å². The Labute approximate surface area is 129 Å². The van der Waals surface area contributed by atoms with Gasteiger partial charge in [-0.15, -0.1) is 0 Å². The second-order valence-corrected chi connectivity index (χ2v) is 6.81. The minimum Gasteiger partial charge on any atom is -0.365 e. The van der Waals surface area contributed by atoms with Gasteiger partial charge < -0.3 is 10.2 Å². The van der Waals surface area contributed by atoms with Gasteiger partial charge in [0.2, 0.25) is 0 Å². The highest BCUT2D eigenvalue weighted by Crippen LogP contribution is 2.31. The van der Waals surface area contributed by atoms with Crippen LogP contribution in [0, 0.1) is 11.7 Å². The van der Waals surface area contributed by atoms with E-state index in [1.165, 1.54) is 12.8 Å². The van der Waals surface area contributed by atoms with Crippen molar-refractivity contribution in [3.05, 3.63) is 28.5 Å². The van der Waals surface area contributed by atoms with Crippen molar-refractivity contribution in [1.29, 1.82) is 0 Å². The highest BCUT2D eigenvalue weighted by atomic mass is 79.9. The number of hydrogen-bond donors (Lipinski definition) is 1. The van der Waals surface area contributed by atoms with E-state index in [9.17, 15) is 4.39 Å². The molecule has 0 bridgehead atoms. The minimum absolute atomic E-state index is 0.193. The summed E-state index contributed by atoms with van der Waals surface area (Å²) in [5.74, 6) is 0.365. The molecule has 2 rings (SSSR count). The van der Waals surface area contributed by atoms with E-state index in [-0.39, 0.29) is 5.82 Å².